The van der Waals surface area contributed by atoms with E-state index in [1.807, 2.05) is 36.5 Å². The van der Waals surface area contributed by atoms with Crippen LogP contribution >= 0.6 is 0 Å². The highest BCUT2D eigenvalue weighted by molar-refractivity contribution is 5.51. The maximum atomic E-state index is 5.76. The molecule has 1 aliphatic rings. The molecule has 6 heteroatoms. The Balaban J connectivity index is 1.48. The predicted octanol–water partition coefficient (Wildman–Crippen LogP) is 2.08. The molecular weight excluding hydrogens is 278 g/mol. The van der Waals surface area contributed by atoms with Crippen LogP contribution in [0.2, 0.25) is 0 Å². The van der Waals surface area contributed by atoms with Gasteiger partial charge >= 0.3 is 0 Å². The van der Waals surface area contributed by atoms with E-state index < -0.39 is 0 Å². The lowest BCUT2D eigenvalue weighted by Crippen LogP contribution is -2.31. The first kappa shape index (κ1) is 13.1. The van der Waals surface area contributed by atoms with Gasteiger partial charge in [-0.05, 0) is 24.1 Å². The molecule has 1 aliphatic heterocycles. The highest BCUT2D eigenvalue weighted by Crippen LogP contribution is 2.20. The minimum absolute atomic E-state index is 0.565. The Hall–Kier alpha value is -2.60. The van der Waals surface area contributed by atoms with Crippen molar-refractivity contribution in [2.75, 3.05) is 6.54 Å². The van der Waals surface area contributed by atoms with E-state index in [2.05, 4.69) is 25.1 Å². The molecule has 2 aromatic heterocycles. The number of fused-ring (bicyclic) bond motifs is 1. The lowest BCUT2D eigenvalue weighted by atomic mass is 10.1. The van der Waals surface area contributed by atoms with E-state index in [0.717, 1.165) is 30.8 Å². The van der Waals surface area contributed by atoms with Crippen molar-refractivity contribution in [3.05, 3.63) is 60.0 Å². The Morgan fingerprint density at radius 3 is 2.95 bits per heavy atom. The molecule has 0 N–H and O–H groups in total. The summed E-state index contributed by atoms with van der Waals surface area (Å²) in [6.45, 7) is 2.38. The molecule has 3 aromatic rings. The first-order chi connectivity index (χ1) is 10.9. The van der Waals surface area contributed by atoms with Crippen LogP contribution in [0.1, 0.15) is 17.1 Å². The molecular formula is C16H15N5O. The van der Waals surface area contributed by atoms with Gasteiger partial charge in [-0.25, -0.2) is 9.97 Å². The van der Waals surface area contributed by atoms with Crippen molar-refractivity contribution in [1.29, 1.82) is 0 Å². The zero-order chi connectivity index (χ0) is 14.8. The lowest BCUT2D eigenvalue weighted by molar-refractivity contribution is 0.218. The lowest BCUT2D eigenvalue weighted by Gasteiger charge is -2.25. The fourth-order valence-corrected chi connectivity index (χ4v) is 2.65. The molecule has 6 nitrogen and oxygen atoms in total. The van der Waals surface area contributed by atoms with Crippen molar-refractivity contribution in [3.8, 4) is 11.5 Å². The third-order valence-corrected chi connectivity index (χ3v) is 3.80. The Labute approximate surface area is 127 Å². The molecule has 0 atom stereocenters. The molecule has 0 aliphatic carbocycles. The Morgan fingerprint density at radius 1 is 1.14 bits per heavy atom. The van der Waals surface area contributed by atoms with Crippen LogP contribution in [0.25, 0.3) is 11.5 Å². The molecule has 0 amide bonds. The third-order valence-electron chi connectivity index (χ3n) is 3.80. The molecule has 0 saturated heterocycles. The minimum atomic E-state index is 0.565. The highest BCUT2D eigenvalue weighted by atomic mass is 16.4. The fraction of sp³-hybridized carbons (Fsp3) is 0.250. The van der Waals surface area contributed by atoms with Gasteiger partial charge in [-0.2, -0.15) is 0 Å². The molecule has 0 radical (unpaired) electrons. The Morgan fingerprint density at radius 2 is 2.05 bits per heavy atom. The van der Waals surface area contributed by atoms with Crippen LogP contribution in [-0.4, -0.2) is 31.6 Å². The second-order valence-electron chi connectivity index (χ2n) is 5.32. The monoisotopic (exact) mass is 293 g/mol. The van der Waals surface area contributed by atoms with Gasteiger partial charge < -0.3 is 4.42 Å². The van der Waals surface area contributed by atoms with Crippen molar-refractivity contribution in [2.45, 2.75) is 19.5 Å². The Kier molecular flexibility index (Phi) is 3.36. The summed E-state index contributed by atoms with van der Waals surface area (Å²) < 4.78 is 5.76. The molecule has 0 bridgehead atoms. The first-order valence-corrected chi connectivity index (χ1v) is 7.26. The largest absolute Gasteiger partial charge is 0.419 e. The predicted molar refractivity (Wildman–Crippen MR) is 79.6 cm³/mol. The van der Waals surface area contributed by atoms with Gasteiger partial charge in [-0.3, -0.25) is 4.90 Å². The summed E-state index contributed by atoms with van der Waals surface area (Å²) >= 11 is 0. The van der Waals surface area contributed by atoms with Crippen LogP contribution in [0, 0.1) is 0 Å². The summed E-state index contributed by atoms with van der Waals surface area (Å²) in [4.78, 5) is 10.7. The van der Waals surface area contributed by atoms with Gasteiger partial charge in [0.1, 0.15) is 6.33 Å². The molecule has 1 aromatic carbocycles. The third kappa shape index (κ3) is 2.60. The van der Waals surface area contributed by atoms with Gasteiger partial charge in [0.05, 0.1) is 12.2 Å². The smallest absolute Gasteiger partial charge is 0.247 e. The van der Waals surface area contributed by atoms with Crippen molar-refractivity contribution in [2.24, 2.45) is 0 Å². The van der Waals surface area contributed by atoms with E-state index in [9.17, 15) is 0 Å². The summed E-state index contributed by atoms with van der Waals surface area (Å²) in [6.07, 6.45) is 4.46. The van der Waals surface area contributed by atoms with Crippen molar-refractivity contribution in [3.63, 3.8) is 0 Å². The first-order valence-electron chi connectivity index (χ1n) is 7.26. The standard InChI is InChI=1S/C16H15N5O/c1-2-4-12(5-3-1)16-20-19-15(22-16)10-21-7-6-13-8-17-11-18-14(13)9-21/h1-5,8,11H,6-7,9-10H2. The molecule has 0 spiro atoms. The van der Waals surface area contributed by atoms with Gasteiger partial charge in [0.15, 0.2) is 0 Å². The van der Waals surface area contributed by atoms with E-state index >= 15 is 0 Å². The zero-order valence-electron chi connectivity index (χ0n) is 12.0. The molecule has 22 heavy (non-hydrogen) atoms. The Bertz CT molecular complexity index is 771. The molecule has 110 valence electrons. The second kappa shape index (κ2) is 5.65. The zero-order valence-corrected chi connectivity index (χ0v) is 12.0. The summed E-state index contributed by atoms with van der Waals surface area (Å²) in [7, 11) is 0. The second-order valence-corrected chi connectivity index (χ2v) is 5.32. The van der Waals surface area contributed by atoms with E-state index in [1.165, 1.54) is 5.56 Å². The van der Waals surface area contributed by atoms with Crippen LogP contribution in [-0.2, 0) is 19.5 Å². The normalized spacial score (nSPS) is 14.7. The topological polar surface area (TPSA) is 67.9 Å². The van der Waals surface area contributed by atoms with Gasteiger partial charge in [0, 0.05) is 24.8 Å². The van der Waals surface area contributed by atoms with Gasteiger partial charge in [-0.1, -0.05) is 18.2 Å². The maximum absolute atomic E-state index is 5.76. The van der Waals surface area contributed by atoms with Crippen molar-refractivity contribution in [1.82, 2.24) is 25.1 Å². The van der Waals surface area contributed by atoms with Crippen LogP contribution in [0.4, 0.5) is 0 Å². The van der Waals surface area contributed by atoms with Gasteiger partial charge in [0.2, 0.25) is 11.8 Å². The van der Waals surface area contributed by atoms with Crippen LogP contribution in [0.15, 0.2) is 47.3 Å². The van der Waals surface area contributed by atoms with Crippen LogP contribution in [0.3, 0.4) is 0 Å². The average molecular weight is 293 g/mol. The van der Waals surface area contributed by atoms with E-state index in [0.29, 0.717) is 18.3 Å². The number of nitrogens with zero attached hydrogens (tertiary/aromatic N) is 5. The van der Waals surface area contributed by atoms with Gasteiger partial charge in [0.25, 0.3) is 0 Å². The quantitative estimate of drug-likeness (QED) is 0.736. The number of hydrogen-bond donors (Lipinski definition) is 0. The van der Waals surface area contributed by atoms with E-state index in [-0.39, 0.29) is 0 Å². The average Bonchev–Trinajstić information content (AvgIpc) is 3.04. The molecule has 0 unspecified atom stereocenters. The summed E-state index contributed by atoms with van der Waals surface area (Å²) in [5, 5.41) is 8.28. The van der Waals surface area contributed by atoms with E-state index in [4.69, 9.17) is 4.42 Å². The minimum Gasteiger partial charge on any atom is -0.419 e. The highest BCUT2D eigenvalue weighted by Gasteiger charge is 2.19. The number of benzene rings is 1. The van der Waals surface area contributed by atoms with E-state index in [1.54, 1.807) is 6.33 Å². The number of aromatic nitrogens is 4. The molecule has 0 fully saturated rings. The number of hydrogen-bond acceptors (Lipinski definition) is 6. The molecule has 0 saturated carbocycles. The maximum Gasteiger partial charge on any atom is 0.247 e. The van der Waals surface area contributed by atoms with Crippen molar-refractivity contribution >= 4 is 0 Å². The van der Waals surface area contributed by atoms with Crippen LogP contribution < -0.4 is 0 Å². The van der Waals surface area contributed by atoms with Gasteiger partial charge in [-0.15, -0.1) is 10.2 Å². The summed E-state index contributed by atoms with van der Waals surface area (Å²) in [5.41, 5.74) is 3.26. The van der Waals surface area contributed by atoms with Crippen molar-refractivity contribution < 1.29 is 4.42 Å². The summed E-state index contributed by atoms with van der Waals surface area (Å²) in [5.74, 6) is 1.20. The van der Waals surface area contributed by atoms with Crippen LogP contribution in [0.5, 0.6) is 0 Å². The SMILES string of the molecule is c1ccc(-c2nnc(CN3CCc4cncnc4C3)o2)cc1. The number of rotatable bonds is 3. The molecule has 3 heterocycles. The summed E-state index contributed by atoms with van der Waals surface area (Å²) in [6, 6.07) is 9.81. The fourth-order valence-electron chi connectivity index (χ4n) is 2.65. The molecule has 4 rings (SSSR count).